The summed E-state index contributed by atoms with van der Waals surface area (Å²) >= 11 is 0. The Bertz CT molecular complexity index is 1330. The predicted molar refractivity (Wildman–Crippen MR) is 147 cm³/mol. The van der Waals surface area contributed by atoms with Crippen molar-refractivity contribution >= 4 is 30.2 Å². The lowest BCUT2D eigenvalue weighted by Gasteiger charge is -2.41. The number of amides is 1. The molecule has 3 aromatic carbocycles. The van der Waals surface area contributed by atoms with Gasteiger partial charge in [-0.2, -0.15) is 0 Å². The van der Waals surface area contributed by atoms with Gasteiger partial charge in [0, 0.05) is 12.2 Å². The van der Waals surface area contributed by atoms with E-state index in [0.29, 0.717) is 13.1 Å². The van der Waals surface area contributed by atoms with Gasteiger partial charge in [-0.15, -0.1) is 0 Å². The van der Waals surface area contributed by atoms with Crippen LogP contribution >= 0.6 is 0 Å². The third kappa shape index (κ3) is 4.33. The van der Waals surface area contributed by atoms with Gasteiger partial charge >= 0.3 is 6.09 Å². The smallest absolute Gasteiger partial charge is 0.414 e. The topological polar surface area (TPSA) is 78.9 Å². The van der Waals surface area contributed by atoms with Crippen molar-refractivity contribution in [2.24, 2.45) is 0 Å². The molecule has 0 N–H and O–H groups in total. The fourth-order valence-corrected chi connectivity index (χ4v) is 10.9. The Morgan fingerprint density at radius 1 is 0.821 bits per heavy atom. The van der Waals surface area contributed by atoms with E-state index in [9.17, 15) is 4.79 Å². The lowest BCUT2D eigenvalue weighted by atomic mass is 10.2. The number of methoxy groups -OCH3 is 1. The number of hydrogen-bond acceptors (Lipinski definition) is 8. The van der Waals surface area contributed by atoms with Crippen LogP contribution in [0.15, 0.2) is 60.7 Å². The number of rotatable bonds is 6. The number of anilines is 1. The van der Waals surface area contributed by atoms with Crippen LogP contribution in [-0.4, -0.2) is 72.0 Å². The molecule has 9 nitrogen and oxygen atoms in total. The fourth-order valence-electron chi connectivity index (χ4n) is 6.13. The Balaban J connectivity index is 1.09. The molecule has 0 saturated carbocycles. The summed E-state index contributed by atoms with van der Waals surface area (Å²) in [6.07, 6.45) is -0.475. The first-order chi connectivity index (χ1) is 19.1. The molecular weight excluding hydrogens is 516 g/mol. The first kappa shape index (κ1) is 24.2. The lowest BCUT2D eigenvalue weighted by Crippen LogP contribution is -2.63. The summed E-state index contributed by atoms with van der Waals surface area (Å²) in [5, 5.41) is 2.67. The zero-order valence-electron chi connectivity index (χ0n) is 21.8. The van der Waals surface area contributed by atoms with Crippen LogP contribution in [-0.2, 0) is 4.74 Å². The molecule has 0 spiro atoms. The van der Waals surface area contributed by atoms with Gasteiger partial charge < -0.3 is 33.3 Å². The second kappa shape index (κ2) is 9.69. The Morgan fingerprint density at radius 3 is 2.00 bits per heavy atom. The van der Waals surface area contributed by atoms with Gasteiger partial charge in [-0.25, -0.2) is 4.79 Å². The number of nitrogens with zero attached hydrogens (tertiary/aromatic N) is 2. The van der Waals surface area contributed by atoms with Gasteiger partial charge in [0.1, 0.15) is 19.9 Å². The number of carbonyl (C=O) groups is 1. The molecule has 0 aromatic heterocycles. The Hall–Kier alpha value is -3.89. The number of ether oxygens (including phenoxy) is 6. The average Bonchev–Trinajstić information content (AvgIpc) is 3.72. The molecule has 0 aliphatic carbocycles. The predicted octanol–water partition coefficient (Wildman–Crippen LogP) is 3.06. The van der Waals surface area contributed by atoms with Gasteiger partial charge in [0.05, 0.1) is 13.7 Å². The van der Waals surface area contributed by atoms with Crippen molar-refractivity contribution in [1.29, 1.82) is 0 Å². The Morgan fingerprint density at radius 2 is 1.41 bits per heavy atom. The Kier molecular flexibility index (Phi) is 6.01. The largest absolute Gasteiger partial charge is 0.497 e. The van der Waals surface area contributed by atoms with Crippen molar-refractivity contribution in [2.45, 2.75) is 18.2 Å². The molecule has 39 heavy (non-hydrogen) atoms. The maximum absolute atomic E-state index is 12.7. The number of carbonyl (C=O) groups excluding carboxylic acids is 1. The summed E-state index contributed by atoms with van der Waals surface area (Å²) in [5.41, 5.74) is 0.819. The highest BCUT2D eigenvalue weighted by molar-refractivity contribution is 7.02. The van der Waals surface area contributed by atoms with Gasteiger partial charge in [0.25, 0.3) is 0 Å². The van der Waals surface area contributed by atoms with Crippen LogP contribution < -0.4 is 39.0 Å². The normalized spacial score (nSPS) is 21.2. The Labute approximate surface area is 227 Å². The van der Waals surface area contributed by atoms with Gasteiger partial charge in [-0.3, -0.25) is 4.90 Å². The minimum absolute atomic E-state index is 0.176. The van der Waals surface area contributed by atoms with Gasteiger partial charge in [-0.05, 0) is 73.7 Å². The van der Waals surface area contributed by atoms with Crippen LogP contribution in [0.3, 0.4) is 0 Å². The zero-order chi connectivity index (χ0) is 26.4. The molecule has 0 radical (unpaired) electrons. The average molecular weight is 547 g/mol. The zero-order valence-corrected chi connectivity index (χ0v) is 22.8. The second-order valence-corrected chi connectivity index (χ2v) is 14.7. The van der Waals surface area contributed by atoms with Crippen molar-refractivity contribution in [3.05, 3.63) is 60.7 Å². The standard InChI is InChI=1S/C29H30N2O7Si/c1-33-21-4-2-20(3-5-21)31-17-22(38-29(31)32)16-30-10-12-39(13-11-30,23-6-8-25-27(14-23)36-18-34-25)24-7-9-26-28(15-24)37-19-35-26/h2-9,14-15,22H,10-13,16-19H2,1H3/t22-/m0/s1. The van der Waals surface area contributed by atoms with Crippen LogP contribution in [0.4, 0.5) is 10.5 Å². The molecule has 4 aliphatic heterocycles. The molecule has 0 unspecified atom stereocenters. The molecule has 4 aliphatic rings. The molecule has 4 heterocycles. The molecule has 3 aromatic rings. The van der Waals surface area contributed by atoms with E-state index in [0.717, 1.165) is 59.6 Å². The van der Waals surface area contributed by atoms with Crippen molar-refractivity contribution < 1.29 is 33.2 Å². The summed E-state index contributed by atoms with van der Waals surface area (Å²) in [7, 11) is -0.520. The first-order valence-electron chi connectivity index (χ1n) is 13.3. The van der Waals surface area contributed by atoms with Crippen molar-refractivity contribution in [3.63, 3.8) is 0 Å². The third-order valence-electron chi connectivity index (χ3n) is 8.28. The first-order valence-corrected chi connectivity index (χ1v) is 15.7. The van der Waals surface area contributed by atoms with Gasteiger partial charge in [-0.1, -0.05) is 22.5 Å². The summed E-state index contributed by atoms with van der Waals surface area (Å²) in [6, 6.07) is 22.4. The summed E-state index contributed by atoms with van der Waals surface area (Å²) < 4.78 is 33.7. The van der Waals surface area contributed by atoms with E-state index >= 15 is 0 Å². The van der Waals surface area contributed by atoms with E-state index in [-0.39, 0.29) is 25.8 Å². The quantitative estimate of drug-likeness (QED) is 0.437. The highest BCUT2D eigenvalue weighted by atomic mass is 28.3. The van der Waals surface area contributed by atoms with E-state index in [1.807, 2.05) is 36.4 Å². The monoisotopic (exact) mass is 546 g/mol. The molecule has 7 rings (SSSR count). The van der Waals surface area contributed by atoms with Crippen LogP contribution in [0.1, 0.15) is 0 Å². The van der Waals surface area contributed by atoms with Crippen LogP contribution in [0.2, 0.25) is 12.1 Å². The second-order valence-electron chi connectivity index (χ2n) is 10.3. The number of fused-ring (bicyclic) bond motifs is 2. The minimum Gasteiger partial charge on any atom is -0.497 e. The maximum atomic E-state index is 12.7. The van der Waals surface area contributed by atoms with Gasteiger partial charge in [0.15, 0.2) is 23.0 Å². The summed E-state index contributed by atoms with van der Waals surface area (Å²) in [4.78, 5) is 16.8. The van der Waals surface area contributed by atoms with E-state index in [1.54, 1.807) is 12.0 Å². The highest BCUT2D eigenvalue weighted by Gasteiger charge is 2.43. The maximum Gasteiger partial charge on any atom is 0.414 e. The van der Waals surface area contributed by atoms with Crippen LogP contribution in [0, 0.1) is 0 Å². The molecule has 2 fully saturated rings. The molecule has 2 saturated heterocycles. The van der Waals surface area contributed by atoms with Crippen LogP contribution in [0.25, 0.3) is 0 Å². The number of benzene rings is 3. The van der Waals surface area contributed by atoms with Crippen molar-refractivity contribution in [2.75, 3.05) is 51.8 Å². The number of cyclic esters (lactones) is 1. The van der Waals surface area contributed by atoms with E-state index in [1.165, 1.54) is 10.4 Å². The van der Waals surface area contributed by atoms with E-state index in [2.05, 4.69) is 29.2 Å². The van der Waals surface area contributed by atoms with Crippen molar-refractivity contribution in [1.82, 2.24) is 4.90 Å². The number of hydrogen-bond donors (Lipinski definition) is 0. The van der Waals surface area contributed by atoms with E-state index in [4.69, 9.17) is 28.4 Å². The molecule has 1 atom stereocenters. The third-order valence-corrected chi connectivity index (χ3v) is 13.3. The summed E-state index contributed by atoms with van der Waals surface area (Å²) in [6.45, 7) is 3.62. The van der Waals surface area contributed by atoms with E-state index < -0.39 is 8.07 Å². The summed E-state index contributed by atoms with van der Waals surface area (Å²) in [5.74, 6) is 4.00. The molecule has 202 valence electrons. The SMILES string of the molecule is COc1ccc(N2C[C@H](CN3CC[Si](c4ccc5c(c4)OCO5)(c4ccc5c(c4)OCO5)CC3)OC2=O)cc1. The fraction of sp³-hybridized carbons (Fsp3) is 0.345. The molecule has 10 heteroatoms. The van der Waals surface area contributed by atoms with Crippen LogP contribution in [0.5, 0.6) is 28.7 Å². The molecular formula is C29H30N2O7Si. The van der Waals surface area contributed by atoms with Crippen molar-refractivity contribution in [3.8, 4) is 28.7 Å². The minimum atomic E-state index is -2.15. The lowest BCUT2D eigenvalue weighted by molar-refractivity contribution is 0.111. The molecule has 0 bridgehead atoms. The highest BCUT2D eigenvalue weighted by Crippen LogP contribution is 2.36. The molecule has 1 amide bonds. The van der Waals surface area contributed by atoms with Gasteiger partial charge in [0.2, 0.25) is 13.6 Å².